The Bertz CT molecular complexity index is 246. The van der Waals surface area contributed by atoms with E-state index < -0.39 is 11.5 Å². The molecule has 1 aliphatic carbocycles. The zero-order valence-electron chi connectivity index (χ0n) is 11.3. The molecule has 0 aromatic rings. The number of hydrogen-bond acceptors (Lipinski definition) is 3. The van der Waals surface area contributed by atoms with Crippen molar-refractivity contribution in [3.05, 3.63) is 0 Å². The predicted octanol–water partition coefficient (Wildman–Crippen LogP) is 1.56. The van der Waals surface area contributed by atoms with Crippen LogP contribution in [0.15, 0.2) is 0 Å². The number of nitrogens with zero attached hydrogens (tertiary/aromatic N) is 1. The summed E-state index contributed by atoms with van der Waals surface area (Å²) in [5.41, 5.74) is -0.665. The molecule has 4 heteroatoms. The molecule has 0 amide bonds. The average molecular weight is 242 g/mol. The van der Waals surface area contributed by atoms with Crippen molar-refractivity contribution in [2.75, 3.05) is 27.2 Å². The van der Waals surface area contributed by atoms with Gasteiger partial charge < -0.3 is 15.3 Å². The van der Waals surface area contributed by atoms with Crippen LogP contribution in [0.4, 0.5) is 0 Å². The Morgan fingerprint density at radius 1 is 1.41 bits per heavy atom. The lowest BCUT2D eigenvalue weighted by Crippen LogP contribution is -2.55. The van der Waals surface area contributed by atoms with E-state index in [-0.39, 0.29) is 0 Å². The Labute approximate surface area is 104 Å². The molecule has 4 nitrogen and oxygen atoms in total. The topological polar surface area (TPSA) is 52.6 Å². The first-order chi connectivity index (χ1) is 8.00. The number of aliphatic carboxylic acids is 1. The summed E-state index contributed by atoms with van der Waals surface area (Å²) in [6.07, 6.45) is 4.80. The SMILES string of the molecule is CCC1CCC(NCCN(C)C)(C(=O)O)CC1. The van der Waals surface area contributed by atoms with Gasteiger partial charge >= 0.3 is 5.97 Å². The molecular weight excluding hydrogens is 216 g/mol. The maximum atomic E-state index is 11.5. The zero-order chi connectivity index (χ0) is 12.9. The third kappa shape index (κ3) is 3.96. The number of nitrogens with one attached hydrogen (secondary N) is 1. The highest BCUT2D eigenvalue weighted by Gasteiger charge is 2.40. The van der Waals surface area contributed by atoms with Gasteiger partial charge in [0.25, 0.3) is 0 Å². The molecule has 0 atom stereocenters. The van der Waals surface area contributed by atoms with Gasteiger partial charge in [-0.15, -0.1) is 0 Å². The zero-order valence-corrected chi connectivity index (χ0v) is 11.3. The molecule has 0 aromatic heterocycles. The van der Waals surface area contributed by atoms with Gasteiger partial charge in [-0.1, -0.05) is 13.3 Å². The molecule has 0 radical (unpaired) electrons. The molecule has 1 rings (SSSR count). The van der Waals surface area contributed by atoms with Crippen LogP contribution in [-0.2, 0) is 4.79 Å². The van der Waals surface area contributed by atoms with E-state index in [0.717, 1.165) is 44.7 Å². The molecule has 0 aliphatic heterocycles. The normalized spacial score (nSPS) is 29.5. The summed E-state index contributed by atoms with van der Waals surface area (Å²) in [6, 6.07) is 0. The van der Waals surface area contributed by atoms with E-state index in [0.29, 0.717) is 0 Å². The van der Waals surface area contributed by atoms with Crippen LogP contribution in [0.3, 0.4) is 0 Å². The standard InChI is InChI=1S/C13H26N2O2/c1-4-11-5-7-13(8-6-11,12(16)17)14-9-10-15(2)3/h11,14H,4-10H2,1-3H3,(H,16,17). The Kier molecular flexibility index (Phi) is 5.40. The van der Waals surface area contributed by atoms with Gasteiger partial charge in [0.05, 0.1) is 0 Å². The quantitative estimate of drug-likeness (QED) is 0.742. The van der Waals surface area contributed by atoms with Crippen molar-refractivity contribution >= 4 is 5.97 Å². The third-order valence-electron chi connectivity index (χ3n) is 3.97. The van der Waals surface area contributed by atoms with Gasteiger partial charge in [0.1, 0.15) is 5.54 Å². The first-order valence-corrected chi connectivity index (χ1v) is 6.63. The summed E-state index contributed by atoms with van der Waals surface area (Å²) in [6.45, 7) is 3.82. The number of carboxylic acids is 1. The second-order valence-corrected chi connectivity index (χ2v) is 5.47. The summed E-state index contributed by atoms with van der Waals surface area (Å²) in [4.78, 5) is 13.5. The van der Waals surface area contributed by atoms with Crippen LogP contribution >= 0.6 is 0 Å². The van der Waals surface area contributed by atoms with Gasteiger partial charge in [-0.25, -0.2) is 0 Å². The summed E-state index contributed by atoms with van der Waals surface area (Å²) in [5, 5.41) is 12.7. The molecular formula is C13H26N2O2. The lowest BCUT2D eigenvalue weighted by molar-refractivity contribution is -0.146. The summed E-state index contributed by atoms with van der Waals surface area (Å²) in [5.74, 6) is 0.0453. The maximum absolute atomic E-state index is 11.5. The minimum atomic E-state index is -0.675. The molecule has 0 bridgehead atoms. The largest absolute Gasteiger partial charge is 0.480 e. The molecule has 17 heavy (non-hydrogen) atoms. The molecule has 0 saturated heterocycles. The second kappa shape index (κ2) is 6.36. The minimum Gasteiger partial charge on any atom is -0.480 e. The van der Waals surface area contributed by atoms with Crippen molar-refractivity contribution in [1.82, 2.24) is 10.2 Å². The molecule has 100 valence electrons. The molecule has 0 aromatic carbocycles. The maximum Gasteiger partial charge on any atom is 0.323 e. The van der Waals surface area contributed by atoms with Crippen molar-refractivity contribution < 1.29 is 9.90 Å². The van der Waals surface area contributed by atoms with Crippen molar-refractivity contribution in [3.63, 3.8) is 0 Å². The Hall–Kier alpha value is -0.610. The van der Waals surface area contributed by atoms with Crippen molar-refractivity contribution in [2.24, 2.45) is 5.92 Å². The molecule has 0 spiro atoms. The van der Waals surface area contributed by atoms with Gasteiger partial charge in [0, 0.05) is 13.1 Å². The third-order valence-corrected chi connectivity index (χ3v) is 3.97. The average Bonchev–Trinajstić information content (AvgIpc) is 2.29. The molecule has 1 fully saturated rings. The monoisotopic (exact) mass is 242 g/mol. The van der Waals surface area contributed by atoms with Gasteiger partial charge in [-0.2, -0.15) is 0 Å². The van der Waals surface area contributed by atoms with Crippen molar-refractivity contribution in [1.29, 1.82) is 0 Å². The van der Waals surface area contributed by atoms with Gasteiger partial charge in [-0.3, -0.25) is 4.79 Å². The van der Waals surface area contributed by atoms with Crippen LogP contribution in [0, 0.1) is 5.92 Å². The Morgan fingerprint density at radius 2 is 2.00 bits per heavy atom. The first-order valence-electron chi connectivity index (χ1n) is 6.63. The first kappa shape index (κ1) is 14.5. The van der Waals surface area contributed by atoms with E-state index >= 15 is 0 Å². The van der Waals surface area contributed by atoms with Gasteiger partial charge in [0.15, 0.2) is 0 Å². The lowest BCUT2D eigenvalue weighted by Gasteiger charge is -2.37. The molecule has 2 N–H and O–H groups in total. The highest BCUT2D eigenvalue weighted by molar-refractivity contribution is 5.78. The number of carbonyl (C=O) groups is 1. The Morgan fingerprint density at radius 3 is 2.41 bits per heavy atom. The summed E-state index contributed by atoms with van der Waals surface area (Å²) >= 11 is 0. The molecule has 1 aliphatic rings. The van der Waals surface area contributed by atoms with Crippen LogP contribution in [-0.4, -0.2) is 48.7 Å². The summed E-state index contributed by atoms with van der Waals surface area (Å²) < 4.78 is 0. The lowest BCUT2D eigenvalue weighted by atomic mass is 9.75. The van der Waals surface area contributed by atoms with E-state index in [1.807, 2.05) is 14.1 Å². The van der Waals surface area contributed by atoms with E-state index in [4.69, 9.17) is 0 Å². The minimum absolute atomic E-state index is 0.665. The molecule has 1 saturated carbocycles. The van der Waals surface area contributed by atoms with E-state index in [1.54, 1.807) is 0 Å². The predicted molar refractivity (Wildman–Crippen MR) is 69.2 cm³/mol. The second-order valence-electron chi connectivity index (χ2n) is 5.47. The smallest absolute Gasteiger partial charge is 0.323 e. The van der Waals surface area contributed by atoms with Crippen LogP contribution in [0.5, 0.6) is 0 Å². The highest BCUT2D eigenvalue weighted by Crippen LogP contribution is 2.33. The van der Waals surface area contributed by atoms with Crippen LogP contribution in [0.25, 0.3) is 0 Å². The van der Waals surface area contributed by atoms with Crippen LogP contribution in [0.1, 0.15) is 39.0 Å². The number of likely N-dealkylation sites (N-methyl/N-ethyl adjacent to an activating group) is 1. The summed E-state index contributed by atoms with van der Waals surface area (Å²) in [7, 11) is 4.01. The van der Waals surface area contributed by atoms with Crippen molar-refractivity contribution in [3.8, 4) is 0 Å². The highest BCUT2D eigenvalue weighted by atomic mass is 16.4. The fourth-order valence-corrected chi connectivity index (χ4v) is 2.56. The molecule has 0 heterocycles. The van der Waals surface area contributed by atoms with Gasteiger partial charge in [-0.05, 0) is 45.7 Å². The van der Waals surface area contributed by atoms with Crippen molar-refractivity contribution in [2.45, 2.75) is 44.6 Å². The number of hydrogen-bond donors (Lipinski definition) is 2. The Balaban J connectivity index is 2.50. The van der Waals surface area contributed by atoms with Gasteiger partial charge in [0.2, 0.25) is 0 Å². The van der Waals surface area contributed by atoms with E-state index in [9.17, 15) is 9.90 Å². The van der Waals surface area contributed by atoms with E-state index in [1.165, 1.54) is 6.42 Å². The fourth-order valence-electron chi connectivity index (χ4n) is 2.56. The fraction of sp³-hybridized carbons (Fsp3) is 0.923. The molecule has 0 unspecified atom stereocenters. The van der Waals surface area contributed by atoms with Crippen LogP contribution < -0.4 is 5.32 Å². The van der Waals surface area contributed by atoms with E-state index in [2.05, 4.69) is 17.1 Å². The number of rotatable bonds is 6. The number of carboxylic acid groups (broad SMARTS) is 1. The van der Waals surface area contributed by atoms with Crippen LogP contribution in [0.2, 0.25) is 0 Å².